The van der Waals surface area contributed by atoms with Gasteiger partial charge in [-0.1, -0.05) is 31.9 Å². The molecule has 2 aromatic carbocycles. The van der Waals surface area contributed by atoms with Crippen LogP contribution in [0.15, 0.2) is 48.5 Å². The van der Waals surface area contributed by atoms with Crippen LogP contribution in [0.2, 0.25) is 0 Å². The Morgan fingerprint density at radius 2 is 1.56 bits per heavy atom. The second-order valence-electron chi connectivity index (χ2n) is 6.66. The number of benzene rings is 2. The number of carbonyl (C=O) groups is 2. The van der Waals surface area contributed by atoms with Crippen LogP contribution < -0.4 is 15.4 Å². The lowest BCUT2D eigenvalue weighted by atomic mass is 10.1. The topological polar surface area (TPSA) is 67.4 Å². The van der Waals surface area contributed by atoms with E-state index in [2.05, 4.69) is 17.6 Å². The van der Waals surface area contributed by atoms with Gasteiger partial charge in [0.15, 0.2) is 0 Å². The highest BCUT2D eigenvalue weighted by atomic mass is 16.5. The summed E-state index contributed by atoms with van der Waals surface area (Å²) in [5.74, 6) is 0.266. The Bertz CT molecular complexity index is 754. The summed E-state index contributed by atoms with van der Waals surface area (Å²) >= 11 is 0. The molecule has 5 nitrogen and oxygen atoms in total. The maximum atomic E-state index is 12.5. The largest absolute Gasteiger partial charge is 0.489 e. The molecule has 0 saturated heterocycles. The van der Waals surface area contributed by atoms with E-state index in [0.29, 0.717) is 29.1 Å². The van der Waals surface area contributed by atoms with Gasteiger partial charge in [0.25, 0.3) is 11.8 Å². The quantitative estimate of drug-likeness (QED) is 0.633. The number of ether oxygens (including phenoxy) is 1. The molecule has 27 heavy (non-hydrogen) atoms. The van der Waals surface area contributed by atoms with Crippen LogP contribution in [0.1, 0.15) is 60.7 Å². The minimum Gasteiger partial charge on any atom is -0.489 e. The van der Waals surface area contributed by atoms with Gasteiger partial charge in [-0.05, 0) is 56.7 Å². The molecule has 0 fully saturated rings. The van der Waals surface area contributed by atoms with E-state index in [9.17, 15) is 9.59 Å². The molecule has 0 aliphatic rings. The van der Waals surface area contributed by atoms with Crippen molar-refractivity contribution in [1.82, 2.24) is 5.32 Å². The molecule has 144 valence electrons. The highest BCUT2D eigenvalue weighted by molar-refractivity contribution is 6.05. The summed E-state index contributed by atoms with van der Waals surface area (Å²) in [6, 6.07) is 14.0. The number of rotatable bonds is 9. The third-order valence-electron chi connectivity index (χ3n) is 3.97. The van der Waals surface area contributed by atoms with Crippen molar-refractivity contribution in [3.05, 3.63) is 59.7 Å². The summed E-state index contributed by atoms with van der Waals surface area (Å²) in [4.78, 5) is 24.6. The zero-order valence-corrected chi connectivity index (χ0v) is 16.2. The van der Waals surface area contributed by atoms with Crippen LogP contribution in [0.3, 0.4) is 0 Å². The van der Waals surface area contributed by atoms with Crippen LogP contribution >= 0.6 is 0 Å². The lowest BCUT2D eigenvalue weighted by molar-refractivity contribution is 0.0951. The molecule has 0 bridgehead atoms. The van der Waals surface area contributed by atoms with E-state index in [1.807, 2.05) is 32.0 Å². The van der Waals surface area contributed by atoms with Crippen molar-refractivity contribution in [3.8, 4) is 5.75 Å². The van der Waals surface area contributed by atoms with E-state index < -0.39 is 0 Å². The first kappa shape index (κ1) is 20.5. The predicted octanol–water partition coefficient (Wildman–Crippen LogP) is 4.65. The van der Waals surface area contributed by atoms with Gasteiger partial charge in [-0.15, -0.1) is 0 Å². The first-order valence-electron chi connectivity index (χ1n) is 9.46. The van der Waals surface area contributed by atoms with Gasteiger partial charge in [0.2, 0.25) is 0 Å². The van der Waals surface area contributed by atoms with Crippen LogP contribution in [-0.4, -0.2) is 24.5 Å². The highest BCUT2D eigenvalue weighted by Crippen LogP contribution is 2.25. The van der Waals surface area contributed by atoms with Crippen LogP contribution in [0.5, 0.6) is 5.75 Å². The van der Waals surface area contributed by atoms with Crippen molar-refractivity contribution in [2.75, 3.05) is 11.9 Å². The van der Waals surface area contributed by atoms with Crippen molar-refractivity contribution in [2.24, 2.45) is 0 Å². The van der Waals surface area contributed by atoms with Gasteiger partial charge in [-0.2, -0.15) is 0 Å². The molecule has 0 heterocycles. The van der Waals surface area contributed by atoms with E-state index in [1.165, 1.54) is 0 Å². The summed E-state index contributed by atoms with van der Waals surface area (Å²) in [6.45, 7) is 6.66. The Morgan fingerprint density at radius 3 is 2.19 bits per heavy atom. The number of carbonyl (C=O) groups excluding carboxylic acids is 2. The highest BCUT2D eigenvalue weighted by Gasteiger charge is 2.12. The van der Waals surface area contributed by atoms with Crippen molar-refractivity contribution in [1.29, 1.82) is 0 Å². The molecular weight excluding hydrogens is 340 g/mol. The smallest absolute Gasteiger partial charge is 0.255 e. The number of anilines is 1. The molecule has 0 unspecified atom stereocenters. The Labute approximate surface area is 161 Å². The van der Waals surface area contributed by atoms with Crippen LogP contribution in [0.25, 0.3) is 0 Å². The fourth-order valence-electron chi connectivity index (χ4n) is 2.57. The van der Waals surface area contributed by atoms with Gasteiger partial charge in [-0.3, -0.25) is 9.59 Å². The van der Waals surface area contributed by atoms with E-state index in [0.717, 1.165) is 19.3 Å². The number of para-hydroxylation sites is 2. The van der Waals surface area contributed by atoms with Crippen LogP contribution in [0.4, 0.5) is 5.69 Å². The Kier molecular flexibility index (Phi) is 7.86. The second kappa shape index (κ2) is 10.4. The molecule has 2 N–H and O–H groups in total. The van der Waals surface area contributed by atoms with E-state index in [-0.39, 0.29) is 17.9 Å². The molecule has 0 radical (unpaired) electrons. The molecule has 0 aliphatic carbocycles. The van der Waals surface area contributed by atoms with E-state index >= 15 is 0 Å². The average molecular weight is 368 g/mol. The standard InChI is InChI=1S/C22H28N2O3/c1-4-5-8-15-23-21(25)17-11-13-18(14-12-17)22(26)24-19-9-6-7-10-20(19)27-16(2)3/h6-7,9-14,16H,4-5,8,15H2,1-3H3,(H,23,25)(H,24,26). The average Bonchev–Trinajstić information content (AvgIpc) is 2.66. The first-order valence-corrected chi connectivity index (χ1v) is 9.46. The van der Waals surface area contributed by atoms with Gasteiger partial charge in [0, 0.05) is 17.7 Å². The Hall–Kier alpha value is -2.82. The van der Waals surface area contributed by atoms with E-state index in [4.69, 9.17) is 4.74 Å². The van der Waals surface area contributed by atoms with Crippen molar-refractivity contribution >= 4 is 17.5 Å². The maximum Gasteiger partial charge on any atom is 0.255 e. The Balaban J connectivity index is 1.99. The molecule has 0 aromatic heterocycles. The van der Waals surface area contributed by atoms with Crippen molar-refractivity contribution in [3.63, 3.8) is 0 Å². The second-order valence-corrected chi connectivity index (χ2v) is 6.66. The lowest BCUT2D eigenvalue weighted by Gasteiger charge is -2.14. The number of nitrogens with one attached hydrogen (secondary N) is 2. The van der Waals surface area contributed by atoms with Gasteiger partial charge < -0.3 is 15.4 Å². The van der Waals surface area contributed by atoms with Gasteiger partial charge in [0.1, 0.15) is 5.75 Å². The van der Waals surface area contributed by atoms with E-state index in [1.54, 1.807) is 30.3 Å². The zero-order valence-electron chi connectivity index (χ0n) is 16.2. The third kappa shape index (κ3) is 6.44. The normalized spacial score (nSPS) is 10.5. The van der Waals surface area contributed by atoms with Crippen LogP contribution in [-0.2, 0) is 0 Å². The molecule has 2 amide bonds. The summed E-state index contributed by atoms with van der Waals surface area (Å²) < 4.78 is 5.72. The molecule has 5 heteroatoms. The number of hydrogen-bond donors (Lipinski definition) is 2. The molecule has 0 saturated carbocycles. The van der Waals surface area contributed by atoms with Crippen molar-refractivity contribution in [2.45, 2.75) is 46.1 Å². The zero-order chi connectivity index (χ0) is 19.6. The Morgan fingerprint density at radius 1 is 0.926 bits per heavy atom. The van der Waals surface area contributed by atoms with Gasteiger partial charge in [0.05, 0.1) is 11.8 Å². The molecule has 2 aromatic rings. The summed E-state index contributed by atoms with van der Waals surface area (Å²) in [7, 11) is 0. The molecule has 0 aliphatic heterocycles. The third-order valence-corrected chi connectivity index (χ3v) is 3.97. The summed E-state index contributed by atoms with van der Waals surface area (Å²) in [5.41, 5.74) is 1.65. The maximum absolute atomic E-state index is 12.5. The molecule has 0 spiro atoms. The molecule has 0 atom stereocenters. The fourth-order valence-corrected chi connectivity index (χ4v) is 2.57. The minimum absolute atomic E-state index is 0.0122. The number of amides is 2. The van der Waals surface area contributed by atoms with Gasteiger partial charge >= 0.3 is 0 Å². The summed E-state index contributed by atoms with van der Waals surface area (Å²) in [6.07, 6.45) is 3.20. The summed E-state index contributed by atoms with van der Waals surface area (Å²) in [5, 5.41) is 5.76. The number of hydrogen-bond acceptors (Lipinski definition) is 3. The van der Waals surface area contributed by atoms with Crippen LogP contribution in [0, 0.1) is 0 Å². The molecular formula is C22H28N2O3. The number of unbranched alkanes of at least 4 members (excludes halogenated alkanes) is 2. The minimum atomic E-state index is -0.246. The predicted molar refractivity (Wildman–Crippen MR) is 108 cm³/mol. The first-order chi connectivity index (χ1) is 13.0. The molecule has 2 rings (SSSR count). The fraction of sp³-hybridized carbons (Fsp3) is 0.364. The van der Waals surface area contributed by atoms with Crippen molar-refractivity contribution < 1.29 is 14.3 Å². The monoisotopic (exact) mass is 368 g/mol. The SMILES string of the molecule is CCCCCNC(=O)c1ccc(C(=O)Nc2ccccc2OC(C)C)cc1. The van der Waals surface area contributed by atoms with Gasteiger partial charge in [-0.25, -0.2) is 0 Å². The lowest BCUT2D eigenvalue weighted by Crippen LogP contribution is -2.24.